The Labute approximate surface area is 99.5 Å². The molecule has 3 N–H and O–H groups in total. The molecule has 0 saturated heterocycles. The highest BCUT2D eigenvalue weighted by molar-refractivity contribution is 6.33. The van der Waals surface area contributed by atoms with E-state index in [0.717, 1.165) is 24.7 Å². The third-order valence-electron chi connectivity index (χ3n) is 1.86. The second-order valence-corrected chi connectivity index (χ2v) is 3.29. The van der Waals surface area contributed by atoms with Crippen molar-refractivity contribution in [1.82, 2.24) is 10.7 Å². The average Bonchev–Trinajstić information content (AvgIpc) is 2.69. The monoisotopic (exact) mass is 246 g/mol. The molecule has 0 aliphatic carbocycles. The molecule has 82 valence electrons. The summed E-state index contributed by atoms with van der Waals surface area (Å²) < 4.78 is 0. The number of rotatable bonds is 2. The number of guanidine groups is 1. The maximum absolute atomic E-state index is 5.95. The number of hydrogen-bond donors (Lipinski definition) is 3. The number of nitrogens with one attached hydrogen (secondary N) is 3. The van der Waals surface area contributed by atoms with Crippen molar-refractivity contribution >= 4 is 35.7 Å². The maximum Gasteiger partial charge on any atom is 0.210 e. The van der Waals surface area contributed by atoms with Crippen molar-refractivity contribution in [2.75, 3.05) is 18.5 Å². The molecule has 0 fully saturated rings. The van der Waals surface area contributed by atoms with Gasteiger partial charge in [0.05, 0.1) is 17.3 Å². The summed E-state index contributed by atoms with van der Waals surface area (Å²) in [5.41, 5.74) is 6.76. The molecule has 0 saturated carbocycles. The topological polar surface area (TPSA) is 48.5 Å². The van der Waals surface area contributed by atoms with Crippen LogP contribution in [0.3, 0.4) is 0 Å². The van der Waals surface area contributed by atoms with Crippen LogP contribution in [-0.4, -0.2) is 19.0 Å². The van der Waals surface area contributed by atoms with E-state index in [2.05, 4.69) is 21.2 Å². The standard InChI is InChI=1S/C9H11ClN4.ClH/c10-7-3-1-2-4-8(7)13-14-9-11-5-6-12-9;/h1-4,13H,5-6H2,(H2,11,12,14);1H. The van der Waals surface area contributed by atoms with Crippen LogP contribution >= 0.6 is 24.0 Å². The number of benzene rings is 1. The SMILES string of the molecule is Cl.Clc1ccccc1NNC1=NCCN1. The van der Waals surface area contributed by atoms with Gasteiger partial charge in [0.15, 0.2) is 0 Å². The van der Waals surface area contributed by atoms with Crippen molar-refractivity contribution in [3.8, 4) is 0 Å². The van der Waals surface area contributed by atoms with Crippen molar-refractivity contribution in [1.29, 1.82) is 0 Å². The van der Waals surface area contributed by atoms with Gasteiger partial charge in [-0.2, -0.15) is 0 Å². The fraction of sp³-hybridized carbons (Fsp3) is 0.222. The van der Waals surface area contributed by atoms with Gasteiger partial charge in [-0.25, -0.2) is 0 Å². The molecule has 4 nitrogen and oxygen atoms in total. The minimum Gasteiger partial charge on any atom is -0.353 e. The van der Waals surface area contributed by atoms with E-state index in [4.69, 9.17) is 11.6 Å². The number of para-hydroxylation sites is 1. The van der Waals surface area contributed by atoms with Crippen molar-refractivity contribution in [2.24, 2.45) is 4.99 Å². The predicted molar refractivity (Wildman–Crippen MR) is 65.8 cm³/mol. The third kappa shape index (κ3) is 3.18. The molecule has 0 aromatic heterocycles. The predicted octanol–water partition coefficient (Wildman–Crippen LogP) is 1.64. The first-order valence-corrected chi connectivity index (χ1v) is 4.79. The zero-order chi connectivity index (χ0) is 9.80. The van der Waals surface area contributed by atoms with Gasteiger partial charge < -0.3 is 5.32 Å². The zero-order valence-corrected chi connectivity index (χ0v) is 9.53. The van der Waals surface area contributed by atoms with E-state index in [0.29, 0.717) is 5.02 Å². The van der Waals surface area contributed by atoms with Crippen LogP contribution in [0.1, 0.15) is 0 Å². The Kier molecular flexibility index (Phi) is 4.52. The van der Waals surface area contributed by atoms with E-state index in [-0.39, 0.29) is 12.4 Å². The van der Waals surface area contributed by atoms with Crippen LogP contribution < -0.4 is 16.2 Å². The highest BCUT2D eigenvalue weighted by Gasteiger charge is 2.03. The molecule has 1 aromatic rings. The van der Waals surface area contributed by atoms with E-state index >= 15 is 0 Å². The molecule has 1 aliphatic heterocycles. The molecule has 6 heteroatoms. The lowest BCUT2D eigenvalue weighted by Gasteiger charge is -2.10. The van der Waals surface area contributed by atoms with E-state index in [9.17, 15) is 0 Å². The number of nitrogens with zero attached hydrogens (tertiary/aromatic N) is 1. The van der Waals surface area contributed by atoms with Gasteiger partial charge in [-0.1, -0.05) is 23.7 Å². The van der Waals surface area contributed by atoms with Gasteiger partial charge in [-0.3, -0.25) is 15.8 Å². The Bertz CT molecular complexity index is 354. The van der Waals surface area contributed by atoms with Gasteiger partial charge in [0.2, 0.25) is 5.96 Å². The normalized spacial score (nSPS) is 13.5. The Balaban J connectivity index is 0.00000112. The second kappa shape index (κ2) is 5.68. The van der Waals surface area contributed by atoms with Crippen molar-refractivity contribution in [2.45, 2.75) is 0 Å². The maximum atomic E-state index is 5.95. The number of anilines is 1. The summed E-state index contributed by atoms with van der Waals surface area (Å²) in [4.78, 5) is 4.17. The van der Waals surface area contributed by atoms with Crippen LogP contribution in [-0.2, 0) is 0 Å². The molecule has 0 bridgehead atoms. The summed E-state index contributed by atoms with van der Waals surface area (Å²) in [5.74, 6) is 0.755. The largest absolute Gasteiger partial charge is 0.353 e. The Morgan fingerprint density at radius 3 is 2.73 bits per heavy atom. The van der Waals surface area contributed by atoms with Gasteiger partial charge >= 0.3 is 0 Å². The van der Waals surface area contributed by atoms with Crippen molar-refractivity contribution < 1.29 is 0 Å². The van der Waals surface area contributed by atoms with Crippen LogP contribution in [0.2, 0.25) is 5.02 Å². The van der Waals surface area contributed by atoms with Gasteiger partial charge in [-0.05, 0) is 12.1 Å². The minimum absolute atomic E-state index is 0. The summed E-state index contributed by atoms with van der Waals surface area (Å²) in [6.45, 7) is 1.69. The molecular formula is C9H12Cl2N4. The lowest BCUT2D eigenvalue weighted by molar-refractivity contribution is 0.937. The lowest BCUT2D eigenvalue weighted by atomic mass is 10.3. The second-order valence-electron chi connectivity index (χ2n) is 2.89. The fourth-order valence-electron chi connectivity index (χ4n) is 1.17. The molecule has 0 atom stereocenters. The van der Waals surface area contributed by atoms with Crippen molar-refractivity contribution in [3.05, 3.63) is 29.3 Å². The van der Waals surface area contributed by atoms with Gasteiger partial charge in [0.25, 0.3) is 0 Å². The van der Waals surface area contributed by atoms with E-state index in [1.54, 1.807) is 0 Å². The molecule has 1 aromatic carbocycles. The van der Waals surface area contributed by atoms with Crippen molar-refractivity contribution in [3.63, 3.8) is 0 Å². The Hall–Kier alpha value is -1.13. The molecule has 0 amide bonds. The summed E-state index contributed by atoms with van der Waals surface area (Å²) in [7, 11) is 0. The summed E-state index contributed by atoms with van der Waals surface area (Å²) in [5, 5.41) is 3.76. The first-order valence-electron chi connectivity index (χ1n) is 4.41. The summed E-state index contributed by atoms with van der Waals surface area (Å²) >= 11 is 5.95. The fourth-order valence-corrected chi connectivity index (χ4v) is 1.35. The third-order valence-corrected chi connectivity index (χ3v) is 2.19. The van der Waals surface area contributed by atoms with Crippen LogP contribution in [0.25, 0.3) is 0 Å². The molecule has 2 rings (SSSR count). The van der Waals surface area contributed by atoms with E-state index < -0.39 is 0 Å². The lowest BCUT2D eigenvalue weighted by Crippen LogP contribution is -2.37. The highest BCUT2D eigenvalue weighted by Crippen LogP contribution is 2.19. The number of aliphatic imine (C=N–C) groups is 1. The van der Waals surface area contributed by atoms with Crippen LogP contribution in [0.15, 0.2) is 29.3 Å². The summed E-state index contributed by atoms with van der Waals surface area (Å²) in [6, 6.07) is 7.53. The highest BCUT2D eigenvalue weighted by atomic mass is 35.5. The Morgan fingerprint density at radius 2 is 2.07 bits per heavy atom. The average molecular weight is 247 g/mol. The molecule has 1 aliphatic rings. The van der Waals surface area contributed by atoms with Gasteiger partial charge in [0.1, 0.15) is 0 Å². The smallest absolute Gasteiger partial charge is 0.210 e. The minimum atomic E-state index is 0. The summed E-state index contributed by atoms with van der Waals surface area (Å²) in [6.07, 6.45) is 0. The molecule has 15 heavy (non-hydrogen) atoms. The molecule has 0 spiro atoms. The first-order chi connectivity index (χ1) is 6.86. The number of hydrazine groups is 1. The van der Waals surface area contributed by atoms with Gasteiger partial charge in [-0.15, -0.1) is 12.4 Å². The van der Waals surface area contributed by atoms with E-state index in [1.807, 2.05) is 24.3 Å². The van der Waals surface area contributed by atoms with Crippen LogP contribution in [0, 0.1) is 0 Å². The van der Waals surface area contributed by atoms with E-state index in [1.165, 1.54) is 0 Å². The number of hydrogen-bond acceptors (Lipinski definition) is 4. The molecule has 1 heterocycles. The van der Waals surface area contributed by atoms with Crippen LogP contribution in [0.5, 0.6) is 0 Å². The quantitative estimate of drug-likeness (QED) is 0.696. The van der Waals surface area contributed by atoms with Gasteiger partial charge in [0, 0.05) is 6.54 Å². The molecule has 0 radical (unpaired) electrons. The molecule has 0 unspecified atom stereocenters. The Morgan fingerprint density at radius 1 is 1.27 bits per heavy atom. The molecular weight excluding hydrogens is 235 g/mol. The zero-order valence-electron chi connectivity index (χ0n) is 7.96. The number of halogens is 2. The van der Waals surface area contributed by atoms with Crippen LogP contribution in [0.4, 0.5) is 5.69 Å². The first kappa shape index (κ1) is 11.9.